The van der Waals surface area contributed by atoms with Gasteiger partial charge in [-0.15, -0.1) is 11.3 Å². The Balaban J connectivity index is 2.56. The summed E-state index contributed by atoms with van der Waals surface area (Å²) in [6.07, 6.45) is 1.84. The van der Waals surface area contributed by atoms with E-state index in [1.807, 2.05) is 6.92 Å². The second kappa shape index (κ2) is 4.43. The van der Waals surface area contributed by atoms with E-state index in [2.05, 4.69) is 4.98 Å². The molecule has 1 unspecified atom stereocenters. The van der Waals surface area contributed by atoms with E-state index >= 15 is 0 Å². The van der Waals surface area contributed by atoms with Crippen molar-refractivity contribution in [1.82, 2.24) is 4.98 Å². The molecule has 1 rings (SSSR count). The molecule has 0 saturated carbocycles. The van der Waals surface area contributed by atoms with Gasteiger partial charge in [-0.05, 0) is 6.92 Å². The molecule has 1 heterocycles. The Morgan fingerprint density at radius 2 is 2.64 bits per heavy atom. The first-order chi connectivity index (χ1) is 5.38. The number of rotatable bonds is 4. The van der Waals surface area contributed by atoms with E-state index in [4.69, 9.17) is 10.5 Å². The molecule has 1 aromatic heterocycles. The quantitative estimate of drug-likeness (QED) is 0.742. The molecule has 0 aliphatic heterocycles. The van der Waals surface area contributed by atoms with Crippen LogP contribution in [0, 0.1) is 0 Å². The van der Waals surface area contributed by atoms with E-state index in [1.165, 1.54) is 0 Å². The van der Waals surface area contributed by atoms with Crippen LogP contribution in [-0.2, 0) is 4.74 Å². The first-order valence-corrected chi connectivity index (χ1v) is 4.46. The fourth-order valence-electron chi connectivity index (χ4n) is 0.852. The number of hydrogen-bond acceptors (Lipinski definition) is 4. The van der Waals surface area contributed by atoms with Crippen molar-refractivity contribution in [2.24, 2.45) is 5.73 Å². The summed E-state index contributed by atoms with van der Waals surface area (Å²) in [5.41, 5.74) is 7.29. The Kier molecular flexibility index (Phi) is 3.48. The minimum absolute atomic E-state index is 0.0347. The van der Waals surface area contributed by atoms with Crippen molar-refractivity contribution in [2.75, 3.05) is 13.2 Å². The number of nitrogens with two attached hydrogens (primary N) is 1. The van der Waals surface area contributed by atoms with Crippen LogP contribution in [0.25, 0.3) is 0 Å². The lowest BCUT2D eigenvalue weighted by Gasteiger charge is -2.11. The molecule has 0 aromatic carbocycles. The molecule has 0 radical (unpaired) electrons. The highest BCUT2D eigenvalue weighted by Crippen LogP contribution is 2.19. The molecule has 0 aliphatic carbocycles. The summed E-state index contributed by atoms with van der Waals surface area (Å²) in [6, 6.07) is 0. The van der Waals surface area contributed by atoms with E-state index in [1.54, 1.807) is 23.0 Å². The Bertz CT molecular complexity index is 188. The maximum absolute atomic E-state index is 5.50. The third kappa shape index (κ3) is 2.25. The van der Waals surface area contributed by atoms with Crippen LogP contribution < -0.4 is 5.73 Å². The van der Waals surface area contributed by atoms with Gasteiger partial charge in [0, 0.05) is 19.3 Å². The van der Waals surface area contributed by atoms with E-state index in [-0.39, 0.29) is 6.10 Å². The van der Waals surface area contributed by atoms with E-state index in [0.717, 1.165) is 4.88 Å². The fourth-order valence-corrected chi connectivity index (χ4v) is 1.53. The van der Waals surface area contributed by atoms with Gasteiger partial charge >= 0.3 is 0 Å². The molecule has 0 bridgehead atoms. The minimum atomic E-state index is 0.0347. The molecule has 11 heavy (non-hydrogen) atoms. The number of hydrogen-bond donors (Lipinski definition) is 1. The number of ether oxygens (including phenoxy) is 1. The van der Waals surface area contributed by atoms with Crippen molar-refractivity contribution in [3.63, 3.8) is 0 Å². The molecule has 1 aromatic rings. The maximum Gasteiger partial charge on any atom is 0.105 e. The highest BCUT2D eigenvalue weighted by atomic mass is 32.1. The lowest BCUT2D eigenvalue weighted by molar-refractivity contribution is 0.0712. The molecule has 0 fully saturated rings. The third-order valence-electron chi connectivity index (χ3n) is 1.35. The van der Waals surface area contributed by atoms with Crippen molar-refractivity contribution < 1.29 is 4.74 Å². The molecule has 1 atom stereocenters. The zero-order valence-electron chi connectivity index (χ0n) is 6.49. The molecule has 0 aliphatic rings. The third-order valence-corrected chi connectivity index (χ3v) is 2.22. The monoisotopic (exact) mass is 172 g/mol. The van der Waals surface area contributed by atoms with Gasteiger partial charge in [0.05, 0.1) is 10.4 Å². The van der Waals surface area contributed by atoms with Gasteiger partial charge in [-0.3, -0.25) is 4.98 Å². The van der Waals surface area contributed by atoms with Crippen molar-refractivity contribution in [1.29, 1.82) is 0 Å². The van der Waals surface area contributed by atoms with Crippen molar-refractivity contribution >= 4 is 11.3 Å². The van der Waals surface area contributed by atoms with Gasteiger partial charge in [-0.1, -0.05) is 0 Å². The Hall–Kier alpha value is -0.450. The van der Waals surface area contributed by atoms with Crippen LogP contribution in [0.2, 0.25) is 0 Å². The van der Waals surface area contributed by atoms with E-state index in [0.29, 0.717) is 13.2 Å². The second-order valence-electron chi connectivity index (χ2n) is 2.08. The second-order valence-corrected chi connectivity index (χ2v) is 3.00. The maximum atomic E-state index is 5.50. The summed E-state index contributed by atoms with van der Waals surface area (Å²) in [6.45, 7) is 3.18. The summed E-state index contributed by atoms with van der Waals surface area (Å²) in [5.74, 6) is 0. The molecular weight excluding hydrogens is 160 g/mol. The van der Waals surface area contributed by atoms with Crippen LogP contribution in [-0.4, -0.2) is 18.1 Å². The molecule has 0 saturated heterocycles. The first-order valence-electron chi connectivity index (χ1n) is 3.58. The van der Waals surface area contributed by atoms with Gasteiger partial charge in [0.2, 0.25) is 0 Å². The van der Waals surface area contributed by atoms with Gasteiger partial charge in [0.1, 0.15) is 6.10 Å². The number of nitrogens with zero attached hydrogens (tertiary/aromatic N) is 1. The Morgan fingerprint density at radius 3 is 3.09 bits per heavy atom. The number of thiazole rings is 1. The smallest absolute Gasteiger partial charge is 0.105 e. The summed E-state index contributed by atoms with van der Waals surface area (Å²) in [5, 5.41) is 0. The van der Waals surface area contributed by atoms with Gasteiger partial charge in [0.15, 0.2) is 0 Å². The first kappa shape index (κ1) is 8.64. The van der Waals surface area contributed by atoms with Crippen LogP contribution in [0.3, 0.4) is 0 Å². The van der Waals surface area contributed by atoms with Gasteiger partial charge in [-0.2, -0.15) is 0 Å². The lowest BCUT2D eigenvalue weighted by atomic mass is 10.3. The summed E-state index contributed by atoms with van der Waals surface area (Å²) >= 11 is 1.58. The summed E-state index contributed by atoms with van der Waals surface area (Å²) in [4.78, 5) is 5.06. The predicted molar refractivity (Wildman–Crippen MR) is 45.5 cm³/mol. The average Bonchev–Trinajstić information content (AvgIpc) is 2.52. The zero-order chi connectivity index (χ0) is 8.10. The molecule has 0 spiro atoms. The number of aromatic nitrogens is 1. The Morgan fingerprint density at radius 1 is 1.82 bits per heavy atom. The van der Waals surface area contributed by atoms with Crippen LogP contribution in [0.5, 0.6) is 0 Å². The fraction of sp³-hybridized carbons (Fsp3) is 0.571. The molecular formula is C7H12N2OS. The van der Waals surface area contributed by atoms with Gasteiger partial charge in [-0.25, -0.2) is 0 Å². The van der Waals surface area contributed by atoms with Crippen LogP contribution in [0.1, 0.15) is 17.9 Å². The Labute approximate surface area is 70.2 Å². The molecule has 3 nitrogen and oxygen atoms in total. The van der Waals surface area contributed by atoms with E-state index < -0.39 is 0 Å². The standard InChI is InChI=1S/C7H12N2OS/c1-2-10-6(3-8)7-4-9-5-11-7/h4-6H,2-3,8H2,1H3. The highest BCUT2D eigenvalue weighted by molar-refractivity contribution is 7.09. The normalized spacial score (nSPS) is 13.3. The predicted octanol–water partition coefficient (Wildman–Crippen LogP) is 1.18. The van der Waals surface area contributed by atoms with E-state index in [9.17, 15) is 0 Å². The molecule has 4 heteroatoms. The zero-order valence-corrected chi connectivity index (χ0v) is 7.30. The largest absolute Gasteiger partial charge is 0.372 e. The van der Waals surface area contributed by atoms with Crippen molar-refractivity contribution in [3.05, 3.63) is 16.6 Å². The summed E-state index contributed by atoms with van der Waals surface area (Å²) in [7, 11) is 0. The van der Waals surface area contributed by atoms with Crippen LogP contribution >= 0.6 is 11.3 Å². The minimum Gasteiger partial charge on any atom is -0.372 e. The highest BCUT2D eigenvalue weighted by Gasteiger charge is 2.09. The SMILES string of the molecule is CCOC(CN)c1cncs1. The molecule has 2 N–H and O–H groups in total. The van der Waals surface area contributed by atoms with Gasteiger partial charge in [0.25, 0.3) is 0 Å². The van der Waals surface area contributed by atoms with Crippen LogP contribution in [0.4, 0.5) is 0 Å². The lowest BCUT2D eigenvalue weighted by Crippen LogP contribution is -2.14. The molecule has 62 valence electrons. The van der Waals surface area contributed by atoms with Crippen molar-refractivity contribution in [2.45, 2.75) is 13.0 Å². The topological polar surface area (TPSA) is 48.1 Å². The van der Waals surface area contributed by atoms with Crippen LogP contribution in [0.15, 0.2) is 11.7 Å². The van der Waals surface area contributed by atoms with Crippen molar-refractivity contribution in [3.8, 4) is 0 Å². The average molecular weight is 172 g/mol. The molecule has 0 amide bonds. The summed E-state index contributed by atoms with van der Waals surface area (Å²) < 4.78 is 5.38. The van der Waals surface area contributed by atoms with Gasteiger partial charge < -0.3 is 10.5 Å².